The molecule has 3 aromatic rings. The molecule has 2 fully saturated rings. The molecular weight excluding hydrogens is 795 g/mol. The SMILES string of the molecule is C=CC(=O)OCCCCCCOc1ccc(C=C2CCC2)cc1.C=CC(=O)OCCCCCCOc1ccc(C=O)cc1.CC.COc1ccc(C2CCC(OC)CC2)cc1C=N. The molecule has 344 valence electrons. The molecule has 0 heterocycles. The van der Waals surface area contributed by atoms with Crippen molar-refractivity contribution in [3.8, 4) is 17.2 Å². The third kappa shape index (κ3) is 23.0. The first-order valence-corrected chi connectivity index (χ1v) is 22.7. The molecule has 0 unspecified atom stereocenters. The van der Waals surface area contributed by atoms with Crippen molar-refractivity contribution in [1.29, 1.82) is 5.41 Å². The summed E-state index contributed by atoms with van der Waals surface area (Å²) >= 11 is 0. The number of esters is 2. The van der Waals surface area contributed by atoms with Gasteiger partial charge in [0.1, 0.15) is 23.5 Å². The quantitative estimate of drug-likeness (QED) is 0.0307. The van der Waals surface area contributed by atoms with E-state index >= 15 is 0 Å². The molecule has 2 saturated carbocycles. The molecule has 0 amide bonds. The summed E-state index contributed by atoms with van der Waals surface area (Å²) in [6, 6.07) is 21.6. The molecule has 10 nitrogen and oxygen atoms in total. The molecule has 0 radical (unpaired) electrons. The van der Waals surface area contributed by atoms with Crippen LogP contribution in [0.4, 0.5) is 0 Å². The molecule has 2 aliphatic carbocycles. The number of hydrogen-bond donors (Lipinski definition) is 1. The maximum atomic E-state index is 10.8. The van der Waals surface area contributed by atoms with Gasteiger partial charge in [-0.25, -0.2) is 9.59 Å². The third-order valence-corrected chi connectivity index (χ3v) is 10.6. The predicted octanol–water partition coefficient (Wildman–Crippen LogP) is 12.5. The van der Waals surface area contributed by atoms with Crippen LogP contribution < -0.4 is 14.2 Å². The summed E-state index contributed by atoms with van der Waals surface area (Å²) in [4.78, 5) is 32.1. The van der Waals surface area contributed by atoms with Crippen molar-refractivity contribution in [2.75, 3.05) is 40.6 Å². The van der Waals surface area contributed by atoms with E-state index in [1.165, 1.54) is 61.6 Å². The Hall–Kier alpha value is -5.48. The highest BCUT2D eigenvalue weighted by Crippen LogP contribution is 2.35. The molecule has 0 saturated heterocycles. The van der Waals surface area contributed by atoms with Gasteiger partial charge in [-0.15, -0.1) is 0 Å². The van der Waals surface area contributed by atoms with Crippen molar-refractivity contribution >= 4 is 30.5 Å². The number of methoxy groups -OCH3 is 2. The van der Waals surface area contributed by atoms with Gasteiger partial charge in [-0.3, -0.25) is 4.79 Å². The number of carbonyl (C=O) groups excluding carboxylic acids is 3. The normalized spacial score (nSPS) is 14.8. The van der Waals surface area contributed by atoms with E-state index in [4.69, 9.17) is 33.8 Å². The largest absolute Gasteiger partial charge is 0.496 e. The first-order valence-electron chi connectivity index (χ1n) is 22.7. The van der Waals surface area contributed by atoms with Crippen LogP contribution in [0.1, 0.15) is 143 Å². The zero-order valence-corrected chi connectivity index (χ0v) is 38.4. The van der Waals surface area contributed by atoms with Crippen LogP contribution in [0.3, 0.4) is 0 Å². The average Bonchev–Trinajstić information content (AvgIpc) is 3.33. The standard InChI is InChI=1S/C20H26O3.C16H20O4.C15H21NO2.C2H6/c1-2-20(21)23-15-6-4-3-5-14-22-19-12-10-18(11-13-19)16-17-8-7-9-17;1-2-16(18)20-12-6-4-3-5-11-19-15-9-7-14(13-17)8-10-15;1-17-14-6-3-11(4-7-14)12-5-8-15(18-2)13(9-12)10-16;1-2/h2,10-13,16H,1,3-9,14-15H2;2,7-10,13H,1,3-6,11-12H2;5,8-11,14,16H,3-4,6-7H2,1-2H3;1-2H3. The molecule has 0 aromatic heterocycles. The van der Waals surface area contributed by atoms with Crippen molar-refractivity contribution in [3.63, 3.8) is 0 Å². The summed E-state index contributed by atoms with van der Waals surface area (Å²) in [5.74, 6) is 2.37. The minimum absolute atomic E-state index is 0.343. The highest BCUT2D eigenvalue weighted by molar-refractivity contribution is 5.82. The van der Waals surface area contributed by atoms with Crippen molar-refractivity contribution in [1.82, 2.24) is 0 Å². The lowest BCUT2D eigenvalue weighted by molar-refractivity contribution is -0.138. The monoisotopic (exact) mass is 868 g/mol. The fourth-order valence-electron chi connectivity index (χ4n) is 6.77. The fraction of sp³-hybridized carbons (Fsp3) is 0.472. The lowest BCUT2D eigenvalue weighted by Gasteiger charge is -2.28. The molecule has 5 rings (SSSR count). The van der Waals surface area contributed by atoms with E-state index in [2.05, 4.69) is 43.5 Å². The zero-order valence-electron chi connectivity index (χ0n) is 38.4. The number of unbranched alkanes of at least 4 members (excludes halogenated alkanes) is 6. The predicted molar refractivity (Wildman–Crippen MR) is 255 cm³/mol. The zero-order chi connectivity index (χ0) is 45.9. The minimum Gasteiger partial charge on any atom is -0.496 e. The maximum absolute atomic E-state index is 10.8. The Bertz CT molecular complexity index is 1770. The molecule has 63 heavy (non-hydrogen) atoms. The number of rotatable bonds is 24. The van der Waals surface area contributed by atoms with Gasteiger partial charge in [0.05, 0.1) is 39.6 Å². The van der Waals surface area contributed by atoms with Gasteiger partial charge in [-0.2, -0.15) is 0 Å². The Morgan fingerprint density at radius 2 is 1.16 bits per heavy atom. The summed E-state index contributed by atoms with van der Waals surface area (Å²) in [5, 5.41) is 7.44. The average molecular weight is 868 g/mol. The van der Waals surface area contributed by atoms with Crippen LogP contribution >= 0.6 is 0 Å². The fourth-order valence-corrected chi connectivity index (χ4v) is 6.77. The Balaban J connectivity index is 0.000000321. The Kier molecular flexibility index (Phi) is 29.0. The summed E-state index contributed by atoms with van der Waals surface area (Å²) in [5.41, 5.74) is 5.65. The Labute approximate surface area is 377 Å². The lowest BCUT2D eigenvalue weighted by atomic mass is 9.82. The van der Waals surface area contributed by atoms with Crippen molar-refractivity contribution < 1.29 is 42.8 Å². The first kappa shape index (κ1) is 53.7. The number of carbonyl (C=O) groups is 3. The van der Waals surface area contributed by atoms with Crippen LogP contribution in [-0.2, 0) is 23.8 Å². The van der Waals surface area contributed by atoms with Gasteiger partial charge in [0, 0.05) is 36.6 Å². The number of hydrogen-bond acceptors (Lipinski definition) is 10. The van der Waals surface area contributed by atoms with Gasteiger partial charge in [-0.1, -0.05) is 56.9 Å². The highest BCUT2D eigenvalue weighted by atomic mass is 16.5. The van der Waals surface area contributed by atoms with Crippen molar-refractivity contribution in [2.24, 2.45) is 0 Å². The summed E-state index contributed by atoms with van der Waals surface area (Å²) in [7, 11) is 3.44. The number of allylic oxidation sites excluding steroid dienone is 1. The summed E-state index contributed by atoms with van der Waals surface area (Å²) in [6.07, 6.45) is 23.6. The van der Waals surface area contributed by atoms with E-state index in [0.717, 1.165) is 99.9 Å². The van der Waals surface area contributed by atoms with Gasteiger partial charge in [0.2, 0.25) is 0 Å². The van der Waals surface area contributed by atoms with E-state index in [1.807, 2.05) is 32.0 Å². The van der Waals surface area contributed by atoms with E-state index in [0.29, 0.717) is 37.4 Å². The highest BCUT2D eigenvalue weighted by Gasteiger charge is 2.22. The van der Waals surface area contributed by atoms with Crippen LogP contribution in [-0.4, -0.2) is 71.2 Å². The Morgan fingerprint density at radius 3 is 1.57 bits per heavy atom. The molecule has 0 spiro atoms. The maximum Gasteiger partial charge on any atom is 0.330 e. The summed E-state index contributed by atoms with van der Waals surface area (Å²) < 4.78 is 31.7. The topological polar surface area (TPSA) is 130 Å². The van der Waals surface area contributed by atoms with E-state index in [9.17, 15) is 14.4 Å². The van der Waals surface area contributed by atoms with Gasteiger partial charge >= 0.3 is 11.9 Å². The van der Waals surface area contributed by atoms with Crippen LogP contribution in [0.2, 0.25) is 0 Å². The van der Waals surface area contributed by atoms with E-state index < -0.39 is 0 Å². The van der Waals surface area contributed by atoms with Gasteiger partial charge < -0.3 is 33.8 Å². The number of aldehydes is 1. The molecule has 10 heteroatoms. The van der Waals surface area contributed by atoms with Crippen LogP contribution in [0.5, 0.6) is 17.2 Å². The van der Waals surface area contributed by atoms with Crippen LogP contribution in [0.15, 0.2) is 97.6 Å². The van der Waals surface area contributed by atoms with Gasteiger partial charge in [-0.05, 0) is 162 Å². The third-order valence-electron chi connectivity index (χ3n) is 10.6. The summed E-state index contributed by atoms with van der Waals surface area (Å²) in [6.45, 7) is 13.0. The van der Waals surface area contributed by atoms with E-state index in [-0.39, 0.29) is 11.9 Å². The number of nitrogens with one attached hydrogen (secondary N) is 1. The molecule has 2 aliphatic rings. The van der Waals surface area contributed by atoms with E-state index in [1.54, 1.807) is 44.1 Å². The second-order valence-electron chi connectivity index (χ2n) is 15.0. The smallest absolute Gasteiger partial charge is 0.330 e. The number of benzene rings is 3. The minimum atomic E-state index is -0.368. The molecule has 0 atom stereocenters. The molecule has 3 aromatic carbocycles. The van der Waals surface area contributed by atoms with Gasteiger partial charge in [0.25, 0.3) is 0 Å². The number of ether oxygens (including phenoxy) is 6. The second kappa shape index (κ2) is 34.1. The van der Waals surface area contributed by atoms with Crippen molar-refractivity contribution in [3.05, 3.63) is 120 Å². The molecule has 0 bridgehead atoms. The first-order chi connectivity index (χ1) is 30.8. The van der Waals surface area contributed by atoms with Gasteiger partial charge in [0.15, 0.2) is 0 Å². The Morgan fingerprint density at radius 1 is 0.667 bits per heavy atom. The molecule has 1 N–H and O–H groups in total. The second-order valence-corrected chi connectivity index (χ2v) is 15.0. The van der Waals surface area contributed by atoms with Crippen molar-refractivity contribution in [2.45, 2.75) is 122 Å². The molecular formula is C53H73NO9. The molecule has 0 aliphatic heterocycles. The van der Waals surface area contributed by atoms with Crippen LogP contribution in [0.25, 0.3) is 6.08 Å². The lowest BCUT2D eigenvalue weighted by Crippen LogP contribution is -2.19. The van der Waals surface area contributed by atoms with Crippen LogP contribution in [0, 0.1) is 5.41 Å².